The number of aromatic hydroxyl groups is 1. The van der Waals surface area contributed by atoms with Crippen LogP contribution in [0.15, 0.2) is 63.2 Å². The number of benzene rings is 2. The first-order chi connectivity index (χ1) is 12.2. The highest BCUT2D eigenvalue weighted by Gasteiger charge is 2.19. The topological polar surface area (TPSA) is 109 Å². The Balaban J connectivity index is 2.29. The Morgan fingerprint density at radius 3 is 2.38 bits per heavy atom. The number of aromatic nitrogens is 1. The van der Waals surface area contributed by atoms with Crippen LogP contribution in [0.1, 0.15) is 12.5 Å². The zero-order valence-corrected chi connectivity index (χ0v) is 14.9. The van der Waals surface area contributed by atoms with Crippen molar-refractivity contribution in [1.29, 1.82) is 0 Å². The third-order valence-electron chi connectivity index (χ3n) is 4.07. The fourth-order valence-corrected chi connectivity index (χ4v) is 3.44. The Labute approximate surface area is 149 Å². The van der Waals surface area contributed by atoms with Gasteiger partial charge < -0.3 is 9.67 Å². The van der Waals surface area contributed by atoms with E-state index in [0.717, 1.165) is 0 Å². The molecule has 0 unspecified atom stereocenters. The number of fused-ring (bicyclic) bond motifs is 1. The normalized spacial score (nSPS) is 12.5. The first kappa shape index (κ1) is 17.8. The van der Waals surface area contributed by atoms with Gasteiger partial charge in [0.15, 0.2) is 0 Å². The zero-order chi connectivity index (χ0) is 19.1. The molecule has 0 aliphatic carbocycles. The third kappa shape index (κ3) is 3.00. The van der Waals surface area contributed by atoms with Gasteiger partial charge in [0.05, 0.1) is 16.9 Å². The minimum Gasteiger partial charge on any atom is -0.506 e. The van der Waals surface area contributed by atoms with Crippen LogP contribution in [0.5, 0.6) is 5.75 Å². The Hall–Kier alpha value is -2.97. The van der Waals surface area contributed by atoms with Crippen LogP contribution in [0.4, 0.5) is 5.69 Å². The van der Waals surface area contributed by atoms with Gasteiger partial charge in [0, 0.05) is 12.4 Å². The molecule has 2 aromatic carbocycles. The van der Waals surface area contributed by atoms with E-state index in [-0.39, 0.29) is 27.6 Å². The second kappa shape index (κ2) is 6.40. The number of para-hydroxylation sites is 2. The minimum absolute atomic E-state index is 0.0258. The van der Waals surface area contributed by atoms with Gasteiger partial charge in [-0.25, -0.2) is 0 Å². The van der Waals surface area contributed by atoms with E-state index in [1.54, 1.807) is 37.4 Å². The minimum atomic E-state index is -4.48. The molecular formula is C18H16N2O5S. The Morgan fingerprint density at radius 2 is 1.69 bits per heavy atom. The molecule has 3 rings (SSSR count). The zero-order valence-electron chi connectivity index (χ0n) is 14.0. The molecule has 3 aromatic rings. The second-order valence-corrected chi connectivity index (χ2v) is 7.13. The monoisotopic (exact) mass is 372 g/mol. The summed E-state index contributed by atoms with van der Waals surface area (Å²) in [5.74, 6) is -0.228. The van der Waals surface area contributed by atoms with E-state index < -0.39 is 15.7 Å². The molecule has 134 valence electrons. The summed E-state index contributed by atoms with van der Waals surface area (Å²) >= 11 is 0. The summed E-state index contributed by atoms with van der Waals surface area (Å²) in [6.07, 6.45) is 0. The lowest BCUT2D eigenvalue weighted by Crippen LogP contribution is -2.24. The maximum atomic E-state index is 12.7. The molecule has 0 radical (unpaired) electrons. The van der Waals surface area contributed by atoms with E-state index in [2.05, 4.69) is 4.99 Å². The second-order valence-electron chi connectivity index (χ2n) is 5.74. The van der Waals surface area contributed by atoms with Gasteiger partial charge in [-0.05, 0) is 31.2 Å². The van der Waals surface area contributed by atoms with Crippen molar-refractivity contribution in [3.05, 3.63) is 64.4 Å². The summed E-state index contributed by atoms with van der Waals surface area (Å²) in [6, 6.07) is 12.5. The number of aliphatic imine (C=N–C) groups is 1. The van der Waals surface area contributed by atoms with E-state index in [1.165, 1.54) is 29.7 Å². The van der Waals surface area contributed by atoms with Crippen LogP contribution >= 0.6 is 0 Å². The molecule has 2 N–H and O–H groups in total. The summed E-state index contributed by atoms with van der Waals surface area (Å²) < 4.78 is 33.7. The average Bonchev–Trinajstić information content (AvgIpc) is 2.59. The molecule has 0 amide bonds. The molecule has 1 aromatic heterocycles. The van der Waals surface area contributed by atoms with Crippen LogP contribution in [-0.4, -0.2) is 28.4 Å². The van der Waals surface area contributed by atoms with Crippen molar-refractivity contribution >= 4 is 32.4 Å². The fraction of sp³-hybridized carbons (Fsp3) is 0.111. The maximum absolute atomic E-state index is 12.7. The van der Waals surface area contributed by atoms with Crippen molar-refractivity contribution < 1.29 is 18.1 Å². The number of aryl methyl sites for hydroxylation is 1. The number of rotatable bonds is 3. The van der Waals surface area contributed by atoms with Crippen LogP contribution in [0.2, 0.25) is 0 Å². The highest BCUT2D eigenvalue weighted by Crippen LogP contribution is 2.29. The highest BCUT2D eigenvalue weighted by atomic mass is 32.2. The largest absolute Gasteiger partial charge is 0.506 e. The molecule has 26 heavy (non-hydrogen) atoms. The lowest BCUT2D eigenvalue weighted by atomic mass is 10.1. The Morgan fingerprint density at radius 1 is 1.08 bits per heavy atom. The number of pyridine rings is 1. The van der Waals surface area contributed by atoms with Crippen molar-refractivity contribution in [3.8, 4) is 5.75 Å². The van der Waals surface area contributed by atoms with E-state index >= 15 is 0 Å². The first-order valence-electron chi connectivity index (χ1n) is 7.64. The van der Waals surface area contributed by atoms with Crippen LogP contribution in [0.25, 0.3) is 10.9 Å². The molecule has 0 saturated heterocycles. The lowest BCUT2D eigenvalue weighted by Gasteiger charge is -2.12. The van der Waals surface area contributed by atoms with Crippen LogP contribution < -0.4 is 5.56 Å². The highest BCUT2D eigenvalue weighted by molar-refractivity contribution is 7.86. The van der Waals surface area contributed by atoms with Crippen molar-refractivity contribution in [1.82, 2.24) is 4.57 Å². The van der Waals surface area contributed by atoms with Gasteiger partial charge in [-0.2, -0.15) is 8.42 Å². The molecule has 0 aliphatic rings. The fourth-order valence-electron chi connectivity index (χ4n) is 2.81. The maximum Gasteiger partial charge on any atom is 0.296 e. The molecule has 8 heteroatoms. The molecule has 0 atom stereocenters. The van der Waals surface area contributed by atoms with Crippen molar-refractivity contribution in [3.63, 3.8) is 0 Å². The van der Waals surface area contributed by atoms with Gasteiger partial charge >= 0.3 is 0 Å². The predicted octanol–water partition coefficient (Wildman–Crippen LogP) is 2.63. The Kier molecular flexibility index (Phi) is 4.39. The Bertz CT molecular complexity index is 1210. The first-order valence-corrected chi connectivity index (χ1v) is 9.08. The van der Waals surface area contributed by atoms with Crippen molar-refractivity contribution in [2.45, 2.75) is 11.8 Å². The molecule has 0 bridgehead atoms. The molecule has 0 aliphatic heterocycles. The smallest absolute Gasteiger partial charge is 0.296 e. The number of hydrogen-bond acceptors (Lipinski definition) is 5. The molecule has 0 spiro atoms. The molecule has 0 fully saturated rings. The van der Waals surface area contributed by atoms with Gasteiger partial charge in [-0.1, -0.05) is 24.3 Å². The number of hydrogen-bond donors (Lipinski definition) is 2. The average molecular weight is 372 g/mol. The quantitative estimate of drug-likeness (QED) is 0.543. The third-order valence-corrected chi connectivity index (χ3v) is 4.97. The molecular weight excluding hydrogens is 356 g/mol. The van der Waals surface area contributed by atoms with E-state index in [4.69, 9.17) is 0 Å². The van der Waals surface area contributed by atoms with Gasteiger partial charge in [-0.3, -0.25) is 14.3 Å². The summed E-state index contributed by atoms with van der Waals surface area (Å²) in [7, 11) is -2.90. The van der Waals surface area contributed by atoms with E-state index in [9.17, 15) is 22.9 Å². The summed E-state index contributed by atoms with van der Waals surface area (Å²) in [6.45, 7) is 1.49. The van der Waals surface area contributed by atoms with Gasteiger partial charge in [0.25, 0.3) is 15.7 Å². The SMILES string of the molecule is CC(=Nc1ccccc1S(=O)(=O)O)c1c(O)c2ccccc2n(C)c1=O. The van der Waals surface area contributed by atoms with Crippen LogP contribution in [0, 0.1) is 0 Å². The van der Waals surface area contributed by atoms with Gasteiger partial charge in [0.2, 0.25) is 0 Å². The molecule has 1 heterocycles. The molecule has 0 saturated carbocycles. The standard InChI is InChI=1S/C18H16N2O5S/c1-11(19-13-8-4-6-10-15(13)26(23,24)25)16-17(21)12-7-3-5-9-14(12)20(2)18(16)22/h3-10,21H,1-2H3,(H,23,24,25). The van der Waals surface area contributed by atoms with Crippen LogP contribution in [-0.2, 0) is 17.2 Å². The van der Waals surface area contributed by atoms with Crippen LogP contribution in [0.3, 0.4) is 0 Å². The summed E-state index contributed by atoms with van der Waals surface area (Å²) in [5.41, 5.74) is 0.167. The summed E-state index contributed by atoms with van der Waals surface area (Å²) in [5, 5.41) is 11.0. The van der Waals surface area contributed by atoms with E-state index in [1.807, 2.05) is 0 Å². The van der Waals surface area contributed by atoms with Crippen molar-refractivity contribution in [2.24, 2.45) is 12.0 Å². The van der Waals surface area contributed by atoms with Gasteiger partial charge in [0.1, 0.15) is 16.2 Å². The van der Waals surface area contributed by atoms with Gasteiger partial charge in [-0.15, -0.1) is 0 Å². The lowest BCUT2D eigenvalue weighted by molar-refractivity contribution is 0.478. The number of nitrogens with zero attached hydrogens (tertiary/aromatic N) is 2. The van der Waals surface area contributed by atoms with Crippen molar-refractivity contribution in [2.75, 3.05) is 0 Å². The predicted molar refractivity (Wildman–Crippen MR) is 99.0 cm³/mol. The summed E-state index contributed by atoms with van der Waals surface area (Å²) in [4.78, 5) is 16.5. The van der Waals surface area contributed by atoms with E-state index in [0.29, 0.717) is 10.9 Å². The molecule has 7 nitrogen and oxygen atoms in total.